The van der Waals surface area contributed by atoms with Crippen LogP contribution < -0.4 is 10.6 Å². The van der Waals surface area contributed by atoms with E-state index in [1.54, 1.807) is 29.7 Å². The summed E-state index contributed by atoms with van der Waals surface area (Å²) in [5.41, 5.74) is 0. The van der Waals surface area contributed by atoms with Crippen molar-refractivity contribution in [3.8, 4) is 10.8 Å². The molecule has 0 unspecified atom stereocenters. The van der Waals surface area contributed by atoms with Crippen LogP contribution in [0.2, 0.25) is 0 Å². The highest BCUT2D eigenvalue weighted by Crippen LogP contribution is 2.26. The SMILES string of the molecule is Cc1ccc(CCNC(=O)Nc2nnc(-c3ccco3)s2)s1. The third-order valence-corrected chi connectivity index (χ3v) is 4.74. The predicted octanol–water partition coefficient (Wildman–Crippen LogP) is 3.53. The van der Waals surface area contributed by atoms with Crippen LogP contribution in [-0.2, 0) is 6.42 Å². The number of urea groups is 1. The average molecular weight is 334 g/mol. The van der Waals surface area contributed by atoms with Crippen LogP contribution in [0.4, 0.5) is 9.93 Å². The van der Waals surface area contributed by atoms with Crippen molar-refractivity contribution in [3.63, 3.8) is 0 Å². The van der Waals surface area contributed by atoms with E-state index in [1.165, 1.54) is 21.1 Å². The van der Waals surface area contributed by atoms with E-state index >= 15 is 0 Å². The monoisotopic (exact) mass is 334 g/mol. The van der Waals surface area contributed by atoms with Crippen LogP contribution in [0.25, 0.3) is 10.8 Å². The van der Waals surface area contributed by atoms with Gasteiger partial charge in [0.25, 0.3) is 0 Å². The van der Waals surface area contributed by atoms with Crippen molar-refractivity contribution in [1.29, 1.82) is 0 Å². The van der Waals surface area contributed by atoms with E-state index < -0.39 is 0 Å². The van der Waals surface area contributed by atoms with Gasteiger partial charge in [-0.3, -0.25) is 5.32 Å². The van der Waals surface area contributed by atoms with E-state index in [1.807, 2.05) is 0 Å². The third kappa shape index (κ3) is 3.71. The minimum absolute atomic E-state index is 0.282. The molecule has 8 heteroatoms. The lowest BCUT2D eigenvalue weighted by Crippen LogP contribution is -2.30. The van der Waals surface area contributed by atoms with Gasteiger partial charge in [0.05, 0.1) is 6.26 Å². The van der Waals surface area contributed by atoms with E-state index in [0.717, 1.165) is 6.42 Å². The average Bonchev–Trinajstić information content (AvgIpc) is 3.20. The van der Waals surface area contributed by atoms with Crippen molar-refractivity contribution in [2.45, 2.75) is 13.3 Å². The maximum atomic E-state index is 11.8. The number of aryl methyl sites for hydroxylation is 1. The lowest BCUT2D eigenvalue weighted by Gasteiger charge is -2.03. The summed E-state index contributed by atoms with van der Waals surface area (Å²) in [4.78, 5) is 14.3. The number of thiophene rings is 1. The number of hydrogen-bond donors (Lipinski definition) is 2. The molecule has 0 aromatic carbocycles. The Balaban J connectivity index is 1.47. The Morgan fingerprint density at radius 2 is 2.18 bits per heavy atom. The summed E-state index contributed by atoms with van der Waals surface area (Å²) >= 11 is 3.01. The van der Waals surface area contributed by atoms with E-state index in [9.17, 15) is 4.79 Å². The van der Waals surface area contributed by atoms with Gasteiger partial charge in [-0.25, -0.2) is 4.79 Å². The number of carbonyl (C=O) groups is 1. The standard InChI is InChI=1S/C14H14N4O2S2/c1-9-4-5-10(21-9)6-7-15-13(19)16-14-18-17-12(22-14)11-3-2-8-20-11/h2-5,8H,6-7H2,1H3,(H2,15,16,18,19). The molecule has 2 N–H and O–H groups in total. The first-order chi connectivity index (χ1) is 10.7. The number of anilines is 1. The quantitative estimate of drug-likeness (QED) is 0.748. The van der Waals surface area contributed by atoms with E-state index in [2.05, 4.69) is 39.9 Å². The molecule has 6 nitrogen and oxygen atoms in total. The predicted molar refractivity (Wildman–Crippen MR) is 87.4 cm³/mol. The summed E-state index contributed by atoms with van der Waals surface area (Å²) in [6, 6.07) is 7.46. The number of carbonyl (C=O) groups excluding carboxylic acids is 1. The second kappa shape index (κ2) is 6.71. The highest BCUT2D eigenvalue weighted by molar-refractivity contribution is 7.18. The van der Waals surface area contributed by atoms with Crippen LogP contribution in [0.5, 0.6) is 0 Å². The molecule has 0 fully saturated rings. The number of rotatable bonds is 5. The van der Waals surface area contributed by atoms with E-state index in [4.69, 9.17) is 4.42 Å². The highest BCUT2D eigenvalue weighted by atomic mass is 32.1. The molecule has 0 atom stereocenters. The Hall–Kier alpha value is -2.19. The van der Waals surface area contributed by atoms with E-state index in [0.29, 0.717) is 22.4 Å². The molecule has 0 aliphatic rings. The summed E-state index contributed by atoms with van der Waals surface area (Å²) in [5.74, 6) is 0.638. The van der Waals surface area contributed by atoms with Crippen LogP contribution in [0, 0.1) is 6.92 Å². The number of aromatic nitrogens is 2. The smallest absolute Gasteiger partial charge is 0.321 e. The molecular formula is C14H14N4O2S2. The first kappa shape index (κ1) is 14.7. The van der Waals surface area contributed by atoms with Crippen molar-refractivity contribution in [1.82, 2.24) is 15.5 Å². The molecule has 3 aromatic rings. The highest BCUT2D eigenvalue weighted by Gasteiger charge is 2.11. The summed E-state index contributed by atoms with van der Waals surface area (Å²) in [6.45, 7) is 2.65. The molecule has 3 heterocycles. The molecule has 2 amide bonds. The minimum atomic E-state index is -0.282. The van der Waals surface area contributed by atoms with Crippen molar-refractivity contribution >= 4 is 33.8 Å². The number of furan rings is 1. The lowest BCUT2D eigenvalue weighted by atomic mass is 10.3. The Bertz CT molecular complexity index is 749. The van der Waals surface area contributed by atoms with Gasteiger partial charge in [-0.2, -0.15) is 0 Å². The summed E-state index contributed by atoms with van der Waals surface area (Å²) in [7, 11) is 0. The molecule has 0 radical (unpaired) electrons. The van der Waals surface area contributed by atoms with Crippen molar-refractivity contribution in [3.05, 3.63) is 40.3 Å². The second-order valence-electron chi connectivity index (χ2n) is 4.53. The van der Waals surface area contributed by atoms with Crippen LogP contribution in [0.3, 0.4) is 0 Å². The zero-order valence-corrected chi connectivity index (χ0v) is 13.5. The molecule has 0 saturated carbocycles. The maximum Gasteiger partial charge on any atom is 0.321 e. The largest absolute Gasteiger partial charge is 0.462 e. The fourth-order valence-corrected chi connectivity index (χ4v) is 3.43. The summed E-state index contributed by atoms with van der Waals surface area (Å²) in [5, 5.41) is 14.4. The van der Waals surface area contributed by atoms with Crippen molar-refractivity contribution in [2.24, 2.45) is 0 Å². The molecule has 3 rings (SSSR count). The molecule has 3 aromatic heterocycles. The van der Waals surface area contributed by atoms with Gasteiger partial charge in [0, 0.05) is 16.3 Å². The van der Waals surface area contributed by atoms with Gasteiger partial charge in [0.1, 0.15) is 0 Å². The fraction of sp³-hybridized carbons (Fsp3) is 0.214. The van der Waals surface area contributed by atoms with Crippen molar-refractivity contribution < 1.29 is 9.21 Å². The zero-order valence-electron chi connectivity index (χ0n) is 11.8. The first-order valence-corrected chi connectivity index (χ1v) is 8.31. The number of nitrogens with one attached hydrogen (secondary N) is 2. The van der Waals surface area contributed by atoms with Gasteiger partial charge in [-0.15, -0.1) is 21.5 Å². The van der Waals surface area contributed by atoms with Gasteiger partial charge in [0.15, 0.2) is 10.8 Å². The first-order valence-electron chi connectivity index (χ1n) is 6.68. The van der Waals surface area contributed by atoms with Crippen LogP contribution in [-0.4, -0.2) is 22.8 Å². The van der Waals surface area contributed by atoms with Crippen molar-refractivity contribution in [2.75, 3.05) is 11.9 Å². The van der Waals surface area contributed by atoms with Crippen LogP contribution in [0.1, 0.15) is 9.75 Å². The molecule has 0 aliphatic heterocycles. The fourth-order valence-electron chi connectivity index (χ4n) is 1.83. The Morgan fingerprint density at radius 1 is 1.27 bits per heavy atom. The van der Waals surface area contributed by atoms with Gasteiger partial charge in [-0.05, 0) is 37.6 Å². The van der Waals surface area contributed by atoms with Gasteiger partial charge in [-0.1, -0.05) is 11.3 Å². The Morgan fingerprint density at radius 3 is 2.91 bits per heavy atom. The molecule has 22 heavy (non-hydrogen) atoms. The summed E-state index contributed by atoms with van der Waals surface area (Å²) < 4.78 is 5.23. The normalized spacial score (nSPS) is 10.6. The molecule has 0 bridgehead atoms. The maximum absolute atomic E-state index is 11.8. The number of amides is 2. The third-order valence-electron chi connectivity index (χ3n) is 2.83. The van der Waals surface area contributed by atoms with Crippen LogP contribution in [0.15, 0.2) is 34.9 Å². The zero-order chi connectivity index (χ0) is 15.4. The van der Waals surface area contributed by atoms with E-state index in [-0.39, 0.29) is 6.03 Å². The van der Waals surface area contributed by atoms with Gasteiger partial charge < -0.3 is 9.73 Å². The van der Waals surface area contributed by atoms with Crippen LogP contribution >= 0.6 is 22.7 Å². The Labute approximate surface area is 135 Å². The minimum Gasteiger partial charge on any atom is -0.462 e. The van der Waals surface area contributed by atoms with Gasteiger partial charge >= 0.3 is 6.03 Å². The molecule has 0 saturated heterocycles. The molecule has 0 spiro atoms. The number of nitrogens with zero attached hydrogens (tertiary/aromatic N) is 2. The Kier molecular flexibility index (Phi) is 4.50. The second-order valence-corrected chi connectivity index (χ2v) is 6.88. The summed E-state index contributed by atoms with van der Waals surface area (Å²) in [6.07, 6.45) is 2.39. The molecular weight excluding hydrogens is 320 g/mol. The topological polar surface area (TPSA) is 80.0 Å². The molecule has 114 valence electrons. The number of hydrogen-bond acceptors (Lipinski definition) is 6. The molecule has 0 aliphatic carbocycles. The lowest BCUT2D eigenvalue weighted by molar-refractivity contribution is 0.252. The van der Waals surface area contributed by atoms with Gasteiger partial charge in [0.2, 0.25) is 5.13 Å².